The Kier molecular flexibility index (Phi) is 5.62. The third-order valence-electron chi connectivity index (χ3n) is 3.20. The van der Waals surface area contributed by atoms with Crippen LogP contribution in [-0.4, -0.2) is 36.5 Å². The van der Waals surface area contributed by atoms with Crippen molar-refractivity contribution in [2.24, 2.45) is 5.92 Å². The molecule has 0 radical (unpaired) electrons. The zero-order valence-corrected chi connectivity index (χ0v) is 11.5. The lowest BCUT2D eigenvalue weighted by Crippen LogP contribution is -2.38. The molecule has 0 spiro atoms. The van der Waals surface area contributed by atoms with Gasteiger partial charge >= 0.3 is 0 Å². The van der Waals surface area contributed by atoms with E-state index in [2.05, 4.69) is 30.7 Å². The summed E-state index contributed by atoms with van der Waals surface area (Å²) in [6, 6.07) is 0. The normalized spacial score (nSPS) is 18.4. The van der Waals surface area contributed by atoms with E-state index in [1.807, 2.05) is 0 Å². The average Bonchev–Trinajstić information content (AvgIpc) is 2.28. The van der Waals surface area contributed by atoms with Gasteiger partial charge in [-0.2, -0.15) is 11.8 Å². The number of rotatable bonds is 5. The van der Waals surface area contributed by atoms with E-state index < -0.39 is 0 Å². The highest BCUT2D eigenvalue weighted by molar-refractivity contribution is 7.99. The van der Waals surface area contributed by atoms with Crippen LogP contribution in [0.25, 0.3) is 0 Å². The summed E-state index contributed by atoms with van der Waals surface area (Å²) in [5, 5.41) is 6.36. The molecule has 0 aromatic carbocycles. The number of carbonyl (C=O) groups excluding carboxylic acids is 1. The maximum atomic E-state index is 11.7. The van der Waals surface area contributed by atoms with E-state index in [9.17, 15) is 4.79 Å². The standard InChI is InChI=1S/C12H24N2OS/c1-12(2,16-3)9-14-11(15)8-10-4-6-13-7-5-10/h10,13H,4-9H2,1-3H3,(H,14,15). The molecule has 0 saturated carbocycles. The fourth-order valence-electron chi connectivity index (χ4n) is 1.80. The molecule has 16 heavy (non-hydrogen) atoms. The number of piperidine rings is 1. The highest BCUT2D eigenvalue weighted by atomic mass is 32.2. The number of amides is 1. The number of thioether (sulfide) groups is 1. The predicted octanol–water partition coefficient (Wildman–Crippen LogP) is 1.63. The van der Waals surface area contributed by atoms with Crippen LogP contribution in [0, 0.1) is 5.92 Å². The second-order valence-corrected chi connectivity index (χ2v) is 6.65. The monoisotopic (exact) mass is 244 g/mol. The molecular formula is C12H24N2OS. The fraction of sp³-hybridized carbons (Fsp3) is 0.917. The molecule has 0 atom stereocenters. The number of nitrogens with one attached hydrogen (secondary N) is 2. The predicted molar refractivity (Wildman–Crippen MR) is 70.8 cm³/mol. The molecule has 2 N–H and O–H groups in total. The van der Waals surface area contributed by atoms with Crippen LogP contribution in [0.3, 0.4) is 0 Å². The van der Waals surface area contributed by atoms with Crippen molar-refractivity contribution in [2.75, 3.05) is 25.9 Å². The summed E-state index contributed by atoms with van der Waals surface area (Å²) in [4.78, 5) is 11.7. The topological polar surface area (TPSA) is 41.1 Å². The Morgan fingerprint density at radius 2 is 2.06 bits per heavy atom. The van der Waals surface area contributed by atoms with Crippen LogP contribution in [0.15, 0.2) is 0 Å². The molecule has 1 saturated heterocycles. The maximum absolute atomic E-state index is 11.7. The van der Waals surface area contributed by atoms with Gasteiger partial charge in [-0.05, 0) is 52.0 Å². The first-order valence-electron chi connectivity index (χ1n) is 6.06. The minimum atomic E-state index is 0.143. The quantitative estimate of drug-likeness (QED) is 0.772. The van der Waals surface area contributed by atoms with Crippen molar-refractivity contribution < 1.29 is 4.79 Å². The van der Waals surface area contributed by atoms with E-state index in [1.54, 1.807) is 11.8 Å². The first-order chi connectivity index (χ1) is 7.53. The van der Waals surface area contributed by atoms with Crippen molar-refractivity contribution >= 4 is 17.7 Å². The molecule has 1 aliphatic rings. The Hall–Kier alpha value is -0.220. The van der Waals surface area contributed by atoms with E-state index in [4.69, 9.17) is 0 Å². The summed E-state index contributed by atoms with van der Waals surface area (Å²) in [6.45, 7) is 7.20. The molecule has 0 aromatic rings. The van der Waals surface area contributed by atoms with Crippen LogP contribution in [0.1, 0.15) is 33.1 Å². The van der Waals surface area contributed by atoms with Crippen molar-refractivity contribution in [3.63, 3.8) is 0 Å². The molecule has 0 unspecified atom stereocenters. The van der Waals surface area contributed by atoms with Gasteiger partial charge in [0.2, 0.25) is 5.91 Å². The van der Waals surface area contributed by atoms with Gasteiger partial charge in [-0.25, -0.2) is 0 Å². The first kappa shape index (κ1) is 13.8. The molecule has 1 amide bonds. The summed E-state index contributed by atoms with van der Waals surface area (Å²) in [5.41, 5.74) is 0. The second kappa shape index (κ2) is 6.50. The van der Waals surface area contributed by atoms with Gasteiger partial charge in [-0.3, -0.25) is 4.79 Å². The van der Waals surface area contributed by atoms with Crippen LogP contribution in [0.4, 0.5) is 0 Å². The van der Waals surface area contributed by atoms with Crippen molar-refractivity contribution in [1.82, 2.24) is 10.6 Å². The summed E-state index contributed by atoms with van der Waals surface area (Å²) in [5.74, 6) is 0.799. The van der Waals surface area contributed by atoms with E-state index in [1.165, 1.54) is 0 Å². The third kappa shape index (κ3) is 5.21. The number of carbonyl (C=O) groups is 1. The molecule has 4 heteroatoms. The lowest BCUT2D eigenvalue weighted by atomic mass is 9.94. The molecule has 0 bridgehead atoms. The zero-order valence-electron chi connectivity index (χ0n) is 10.6. The maximum Gasteiger partial charge on any atom is 0.220 e. The van der Waals surface area contributed by atoms with Crippen molar-refractivity contribution in [2.45, 2.75) is 37.9 Å². The van der Waals surface area contributed by atoms with Gasteiger partial charge in [0, 0.05) is 17.7 Å². The van der Waals surface area contributed by atoms with Gasteiger partial charge in [0.15, 0.2) is 0 Å². The molecule has 0 aliphatic carbocycles. The molecular weight excluding hydrogens is 220 g/mol. The lowest BCUT2D eigenvalue weighted by molar-refractivity contribution is -0.122. The van der Waals surface area contributed by atoms with Crippen molar-refractivity contribution in [3.05, 3.63) is 0 Å². The molecule has 0 aromatic heterocycles. The second-order valence-electron chi connectivity index (χ2n) is 5.14. The molecule has 94 valence electrons. The summed E-state index contributed by atoms with van der Waals surface area (Å²) < 4.78 is 0.143. The number of hydrogen-bond donors (Lipinski definition) is 2. The van der Waals surface area contributed by atoms with E-state index >= 15 is 0 Å². The summed E-state index contributed by atoms with van der Waals surface area (Å²) in [7, 11) is 0. The van der Waals surface area contributed by atoms with Crippen molar-refractivity contribution in [3.8, 4) is 0 Å². The van der Waals surface area contributed by atoms with E-state index in [0.717, 1.165) is 32.5 Å². The third-order valence-corrected chi connectivity index (χ3v) is 4.45. The Balaban J connectivity index is 2.19. The minimum absolute atomic E-state index is 0.143. The van der Waals surface area contributed by atoms with Crippen LogP contribution in [0.2, 0.25) is 0 Å². The molecule has 1 aliphatic heterocycles. The van der Waals surface area contributed by atoms with Crippen LogP contribution < -0.4 is 10.6 Å². The smallest absolute Gasteiger partial charge is 0.220 e. The highest BCUT2D eigenvalue weighted by Crippen LogP contribution is 2.20. The lowest BCUT2D eigenvalue weighted by Gasteiger charge is -2.25. The Bertz CT molecular complexity index is 225. The van der Waals surface area contributed by atoms with Crippen LogP contribution in [0.5, 0.6) is 0 Å². The first-order valence-corrected chi connectivity index (χ1v) is 7.28. The van der Waals surface area contributed by atoms with Crippen LogP contribution in [-0.2, 0) is 4.79 Å². The fourth-order valence-corrected chi connectivity index (χ4v) is 2.02. The van der Waals surface area contributed by atoms with Gasteiger partial charge in [0.25, 0.3) is 0 Å². The zero-order chi connectivity index (χ0) is 12.0. The summed E-state index contributed by atoms with van der Waals surface area (Å²) >= 11 is 1.79. The van der Waals surface area contributed by atoms with Gasteiger partial charge < -0.3 is 10.6 Å². The van der Waals surface area contributed by atoms with E-state index in [0.29, 0.717) is 12.3 Å². The highest BCUT2D eigenvalue weighted by Gasteiger charge is 2.20. The van der Waals surface area contributed by atoms with Gasteiger partial charge in [0.1, 0.15) is 0 Å². The molecule has 1 rings (SSSR count). The van der Waals surface area contributed by atoms with Gasteiger partial charge in [-0.15, -0.1) is 0 Å². The number of hydrogen-bond acceptors (Lipinski definition) is 3. The van der Waals surface area contributed by atoms with Crippen LogP contribution >= 0.6 is 11.8 Å². The SMILES string of the molecule is CSC(C)(C)CNC(=O)CC1CCNCC1. The van der Waals surface area contributed by atoms with Gasteiger partial charge in [-0.1, -0.05) is 0 Å². The van der Waals surface area contributed by atoms with Crippen molar-refractivity contribution in [1.29, 1.82) is 0 Å². The Morgan fingerprint density at radius 1 is 1.44 bits per heavy atom. The largest absolute Gasteiger partial charge is 0.355 e. The Morgan fingerprint density at radius 3 is 2.62 bits per heavy atom. The molecule has 1 fully saturated rings. The average molecular weight is 244 g/mol. The molecule has 1 heterocycles. The Labute approximate surface area is 103 Å². The van der Waals surface area contributed by atoms with E-state index in [-0.39, 0.29) is 10.7 Å². The molecule has 3 nitrogen and oxygen atoms in total. The van der Waals surface area contributed by atoms with Gasteiger partial charge in [0.05, 0.1) is 0 Å². The summed E-state index contributed by atoms with van der Waals surface area (Å²) in [6.07, 6.45) is 5.06. The minimum Gasteiger partial charge on any atom is -0.355 e.